The predicted molar refractivity (Wildman–Crippen MR) is 87.4 cm³/mol. The highest BCUT2D eigenvalue weighted by atomic mass is 79.9. The molecule has 0 aromatic heterocycles. The summed E-state index contributed by atoms with van der Waals surface area (Å²) in [7, 11) is 0. The van der Waals surface area contributed by atoms with Crippen LogP contribution in [-0.2, 0) is 6.54 Å². The van der Waals surface area contributed by atoms with E-state index in [4.69, 9.17) is 0 Å². The number of rotatable bonds is 7. The van der Waals surface area contributed by atoms with Crippen molar-refractivity contribution < 1.29 is 4.92 Å². The zero-order valence-corrected chi connectivity index (χ0v) is 13.9. The van der Waals surface area contributed by atoms with Gasteiger partial charge in [-0.05, 0) is 44.0 Å². The first-order valence-electron chi connectivity index (χ1n) is 7.48. The van der Waals surface area contributed by atoms with Crippen molar-refractivity contribution in [3.63, 3.8) is 0 Å². The second kappa shape index (κ2) is 7.87. The molecule has 0 spiro atoms. The van der Waals surface area contributed by atoms with E-state index in [0.29, 0.717) is 6.04 Å². The normalized spacial score (nSPS) is 18.3. The number of benzene rings is 1. The second-order valence-electron chi connectivity index (χ2n) is 5.56. The fourth-order valence-corrected chi connectivity index (χ4v) is 3.29. The van der Waals surface area contributed by atoms with Gasteiger partial charge in [-0.3, -0.25) is 15.0 Å². The molecule has 1 aromatic rings. The molecule has 1 aliphatic heterocycles. The number of nitrogens with zero attached hydrogens (tertiary/aromatic N) is 2. The average Bonchev–Trinajstić information content (AvgIpc) is 2.94. The van der Waals surface area contributed by atoms with E-state index >= 15 is 0 Å². The topological polar surface area (TPSA) is 58.4 Å². The van der Waals surface area contributed by atoms with Gasteiger partial charge in [0.15, 0.2) is 0 Å². The van der Waals surface area contributed by atoms with Crippen LogP contribution in [0.3, 0.4) is 0 Å². The molecule has 1 fully saturated rings. The van der Waals surface area contributed by atoms with Gasteiger partial charge in [0.05, 0.1) is 4.92 Å². The molecule has 0 amide bonds. The Kier molecular flexibility index (Phi) is 6.14. The molecule has 1 atom stereocenters. The quantitative estimate of drug-likeness (QED) is 0.602. The van der Waals surface area contributed by atoms with Crippen LogP contribution in [-0.4, -0.2) is 35.5 Å². The third-order valence-corrected chi connectivity index (χ3v) is 4.56. The molecule has 5 nitrogen and oxygen atoms in total. The van der Waals surface area contributed by atoms with Crippen LogP contribution in [0.2, 0.25) is 0 Å². The predicted octanol–water partition coefficient (Wildman–Crippen LogP) is 3.32. The van der Waals surface area contributed by atoms with E-state index in [1.165, 1.54) is 12.8 Å². The number of non-ortho nitro benzene ring substituents is 1. The largest absolute Gasteiger partial charge is 0.313 e. The Morgan fingerprint density at radius 1 is 1.52 bits per heavy atom. The second-order valence-corrected chi connectivity index (χ2v) is 6.42. The van der Waals surface area contributed by atoms with Gasteiger partial charge in [-0.25, -0.2) is 0 Å². The van der Waals surface area contributed by atoms with E-state index in [1.807, 2.05) is 6.07 Å². The number of nitro groups is 1. The Morgan fingerprint density at radius 3 is 2.90 bits per heavy atom. The average molecular weight is 356 g/mol. The van der Waals surface area contributed by atoms with Gasteiger partial charge < -0.3 is 5.32 Å². The van der Waals surface area contributed by atoms with Crippen molar-refractivity contribution in [3.05, 3.63) is 38.3 Å². The van der Waals surface area contributed by atoms with Gasteiger partial charge in [0.2, 0.25) is 0 Å². The van der Waals surface area contributed by atoms with Gasteiger partial charge in [-0.1, -0.05) is 22.9 Å². The van der Waals surface area contributed by atoms with Crippen molar-refractivity contribution in [2.75, 3.05) is 19.6 Å². The number of hydrogen-bond acceptors (Lipinski definition) is 4. The summed E-state index contributed by atoms with van der Waals surface area (Å²) in [4.78, 5) is 12.9. The molecule has 1 saturated heterocycles. The first-order valence-corrected chi connectivity index (χ1v) is 8.28. The fourth-order valence-electron chi connectivity index (χ4n) is 2.79. The lowest BCUT2D eigenvalue weighted by Gasteiger charge is -2.25. The van der Waals surface area contributed by atoms with E-state index in [0.717, 1.165) is 42.6 Å². The van der Waals surface area contributed by atoms with Gasteiger partial charge in [0.1, 0.15) is 0 Å². The standard InChI is InChI=1S/C15H22BrN3O2/c1-2-8-18(11-13-4-3-7-17-13)10-12-5-6-14(19(20)21)9-15(12)16/h5-6,9,13,17H,2-4,7-8,10-11H2,1H3. The summed E-state index contributed by atoms with van der Waals surface area (Å²) in [6, 6.07) is 5.60. The molecule has 1 N–H and O–H groups in total. The van der Waals surface area contributed by atoms with Crippen molar-refractivity contribution in [1.82, 2.24) is 10.2 Å². The van der Waals surface area contributed by atoms with Crippen LogP contribution in [0, 0.1) is 10.1 Å². The Balaban J connectivity index is 2.03. The molecule has 1 aliphatic rings. The summed E-state index contributed by atoms with van der Waals surface area (Å²) in [6.07, 6.45) is 3.60. The van der Waals surface area contributed by atoms with E-state index < -0.39 is 0 Å². The van der Waals surface area contributed by atoms with Crippen molar-refractivity contribution in [3.8, 4) is 0 Å². The van der Waals surface area contributed by atoms with E-state index in [2.05, 4.69) is 33.1 Å². The van der Waals surface area contributed by atoms with Crippen molar-refractivity contribution in [2.45, 2.75) is 38.8 Å². The van der Waals surface area contributed by atoms with Gasteiger partial charge in [-0.2, -0.15) is 0 Å². The highest BCUT2D eigenvalue weighted by Crippen LogP contribution is 2.24. The highest BCUT2D eigenvalue weighted by Gasteiger charge is 2.18. The van der Waals surface area contributed by atoms with Crippen LogP contribution in [0.15, 0.2) is 22.7 Å². The summed E-state index contributed by atoms with van der Waals surface area (Å²) in [5.41, 5.74) is 1.23. The van der Waals surface area contributed by atoms with Crippen molar-refractivity contribution in [2.24, 2.45) is 0 Å². The maximum Gasteiger partial charge on any atom is 0.270 e. The molecular formula is C15H22BrN3O2. The van der Waals surface area contributed by atoms with Crippen LogP contribution in [0.5, 0.6) is 0 Å². The molecule has 0 saturated carbocycles. The fraction of sp³-hybridized carbons (Fsp3) is 0.600. The molecule has 2 rings (SSSR count). The summed E-state index contributed by atoms with van der Waals surface area (Å²) in [6.45, 7) is 6.20. The lowest BCUT2D eigenvalue weighted by Crippen LogP contribution is -2.37. The lowest BCUT2D eigenvalue weighted by atomic mass is 10.1. The van der Waals surface area contributed by atoms with Crippen LogP contribution in [0.25, 0.3) is 0 Å². The summed E-state index contributed by atoms with van der Waals surface area (Å²) in [5, 5.41) is 14.3. The number of nitrogens with one attached hydrogen (secondary N) is 1. The summed E-state index contributed by atoms with van der Waals surface area (Å²) < 4.78 is 0.817. The summed E-state index contributed by atoms with van der Waals surface area (Å²) in [5.74, 6) is 0. The molecule has 0 bridgehead atoms. The Bertz CT molecular complexity index is 490. The maximum atomic E-state index is 10.8. The number of halogens is 1. The highest BCUT2D eigenvalue weighted by molar-refractivity contribution is 9.10. The monoisotopic (exact) mass is 355 g/mol. The van der Waals surface area contributed by atoms with Crippen LogP contribution in [0.1, 0.15) is 31.7 Å². The molecule has 0 aliphatic carbocycles. The molecule has 1 unspecified atom stereocenters. The molecule has 1 heterocycles. The third kappa shape index (κ3) is 4.76. The molecule has 1 aromatic carbocycles. The van der Waals surface area contributed by atoms with E-state index in [9.17, 15) is 10.1 Å². The van der Waals surface area contributed by atoms with Gasteiger partial charge in [-0.15, -0.1) is 0 Å². The zero-order chi connectivity index (χ0) is 15.2. The van der Waals surface area contributed by atoms with Gasteiger partial charge in [0, 0.05) is 35.7 Å². The first kappa shape index (κ1) is 16.4. The minimum atomic E-state index is -0.360. The van der Waals surface area contributed by atoms with E-state index in [-0.39, 0.29) is 10.6 Å². The van der Waals surface area contributed by atoms with Crippen LogP contribution >= 0.6 is 15.9 Å². The van der Waals surface area contributed by atoms with E-state index in [1.54, 1.807) is 12.1 Å². The van der Waals surface area contributed by atoms with Gasteiger partial charge >= 0.3 is 0 Å². The third-order valence-electron chi connectivity index (χ3n) is 3.82. The Hall–Kier alpha value is -0.980. The molecular weight excluding hydrogens is 334 g/mol. The van der Waals surface area contributed by atoms with Crippen LogP contribution in [0.4, 0.5) is 5.69 Å². The van der Waals surface area contributed by atoms with Crippen LogP contribution < -0.4 is 5.32 Å². The first-order chi connectivity index (χ1) is 10.1. The SMILES string of the molecule is CCCN(Cc1ccc([N+](=O)[O-])cc1Br)CC1CCCN1. The molecule has 0 radical (unpaired) electrons. The maximum absolute atomic E-state index is 10.8. The van der Waals surface area contributed by atoms with Crippen molar-refractivity contribution in [1.29, 1.82) is 0 Å². The number of nitro benzene ring substituents is 1. The summed E-state index contributed by atoms with van der Waals surface area (Å²) >= 11 is 3.46. The number of hydrogen-bond donors (Lipinski definition) is 1. The zero-order valence-electron chi connectivity index (χ0n) is 12.3. The molecule has 116 valence electrons. The minimum absolute atomic E-state index is 0.130. The molecule has 21 heavy (non-hydrogen) atoms. The molecule has 6 heteroatoms. The minimum Gasteiger partial charge on any atom is -0.313 e. The van der Waals surface area contributed by atoms with Crippen molar-refractivity contribution >= 4 is 21.6 Å². The van der Waals surface area contributed by atoms with Gasteiger partial charge in [0.25, 0.3) is 5.69 Å². The smallest absolute Gasteiger partial charge is 0.270 e. The Morgan fingerprint density at radius 2 is 2.33 bits per heavy atom. The Labute approximate surface area is 134 Å². The lowest BCUT2D eigenvalue weighted by molar-refractivity contribution is -0.384.